The van der Waals surface area contributed by atoms with Crippen molar-refractivity contribution in [1.82, 2.24) is 0 Å². The molecule has 0 radical (unpaired) electrons. The van der Waals surface area contributed by atoms with Gasteiger partial charge in [0.15, 0.2) is 0 Å². The first kappa shape index (κ1) is 7.22. The Balaban J connectivity index is 2.40. The van der Waals surface area contributed by atoms with E-state index >= 15 is 0 Å². The molecular weight excluding hydrogens is 148 g/mol. The van der Waals surface area contributed by atoms with Gasteiger partial charge in [-0.15, -0.1) is 0 Å². The highest BCUT2D eigenvalue weighted by atomic mass is 15.2. The van der Waals surface area contributed by atoms with Crippen LogP contribution in [0.25, 0.3) is 0 Å². The fourth-order valence-electron chi connectivity index (χ4n) is 1.25. The summed E-state index contributed by atoms with van der Waals surface area (Å²) in [5, 5.41) is 6.60. The van der Waals surface area contributed by atoms with Gasteiger partial charge in [0.2, 0.25) is 0 Å². The van der Waals surface area contributed by atoms with E-state index in [2.05, 4.69) is 36.6 Å². The zero-order valence-electron chi connectivity index (χ0n) is 7.31. The summed E-state index contributed by atoms with van der Waals surface area (Å²) >= 11 is 0. The maximum Gasteiger partial charge on any atom is 0.106 e. The molecule has 62 valence electrons. The summed E-state index contributed by atoms with van der Waals surface area (Å²) in [7, 11) is 0. The van der Waals surface area contributed by atoms with Gasteiger partial charge in [-0.05, 0) is 31.6 Å². The standard InChI is InChI=1S/C10H12N2/c1-7(2)10-11-8-5-3-4-6-9(8)12-10/h3-6,11-12H,1-2H3. The lowest BCUT2D eigenvalue weighted by atomic mass is 10.3. The summed E-state index contributed by atoms with van der Waals surface area (Å²) in [5.74, 6) is 1.11. The Morgan fingerprint density at radius 2 is 1.50 bits per heavy atom. The first-order valence-corrected chi connectivity index (χ1v) is 4.08. The fraction of sp³-hybridized carbons (Fsp3) is 0.200. The Bertz CT molecular complexity index is 308. The van der Waals surface area contributed by atoms with E-state index in [1.54, 1.807) is 0 Å². The summed E-state index contributed by atoms with van der Waals surface area (Å²) in [6, 6.07) is 8.19. The molecule has 1 aliphatic rings. The third-order valence-corrected chi connectivity index (χ3v) is 1.95. The van der Waals surface area contributed by atoms with E-state index in [9.17, 15) is 0 Å². The third-order valence-electron chi connectivity index (χ3n) is 1.95. The quantitative estimate of drug-likeness (QED) is 0.609. The maximum atomic E-state index is 3.30. The molecule has 2 heteroatoms. The average Bonchev–Trinajstić information content (AvgIpc) is 2.46. The molecule has 1 aromatic carbocycles. The molecule has 0 atom stereocenters. The van der Waals surface area contributed by atoms with Crippen molar-refractivity contribution in [3.8, 4) is 0 Å². The number of hydrogen-bond donors (Lipinski definition) is 2. The Kier molecular flexibility index (Phi) is 1.54. The molecule has 2 rings (SSSR count). The second kappa shape index (κ2) is 2.55. The lowest BCUT2D eigenvalue weighted by Gasteiger charge is -2.00. The molecule has 2 N–H and O–H groups in total. The van der Waals surface area contributed by atoms with E-state index in [-0.39, 0.29) is 0 Å². The highest BCUT2D eigenvalue weighted by molar-refractivity contribution is 5.79. The van der Waals surface area contributed by atoms with E-state index in [4.69, 9.17) is 0 Å². The van der Waals surface area contributed by atoms with Crippen LogP contribution in [-0.2, 0) is 0 Å². The lowest BCUT2D eigenvalue weighted by Crippen LogP contribution is -2.00. The third kappa shape index (κ3) is 1.05. The monoisotopic (exact) mass is 160 g/mol. The van der Waals surface area contributed by atoms with Crippen molar-refractivity contribution in [2.45, 2.75) is 13.8 Å². The summed E-state index contributed by atoms with van der Waals surface area (Å²) < 4.78 is 0. The number of allylic oxidation sites excluding steroid dienone is 1. The van der Waals surface area contributed by atoms with Crippen LogP contribution in [-0.4, -0.2) is 0 Å². The molecule has 0 aliphatic carbocycles. The van der Waals surface area contributed by atoms with Crippen LogP contribution in [0.3, 0.4) is 0 Å². The van der Waals surface area contributed by atoms with Crippen LogP contribution in [0, 0.1) is 0 Å². The van der Waals surface area contributed by atoms with Crippen LogP contribution in [0.5, 0.6) is 0 Å². The highest BCUT2D eigenvalue weighted by Gasteiger charge is 2.12. The van der Waals surface area contributed by atoms with Crippen molar-refractivity contribution < 1.29 is 0 Å². The normalized spacial score (nSPS) is 13.3. The summed E-state index contributed by atoms with van der Waals surface area (Å²) in [5.41, 5.74) is 3.59. The smallest absolute Gasteiger partial charge is 0.106 e. The van der Waals surface area contributed by atoms with Crippen molar-refractivity contribution in [1.29, 1.82) is 0 Å². The minimum atomic E-state index is 1.11. The van der Waals surface area contributed by atoms with Crippen LogP contribution in [0.1, 0.15) is 13.8 Å². The molecule has 0 aromatic heterocycles. The molecule has 0 fully saturated rings. The van der Waals surface area contributed by atoms with Crippen LogP contribution in [0.2, 0.25) is 0 Å². The van der Waals surface area contributed by atoms with Crippen LogP contribution < -0.4 is 10.6 Å². The Hall–Kier alpha value is -1.44. The Morgan fingerprint density at radius 1 is 1.00 bits per heavy atom. The van der Waals surface area contributed by atoms with Crippen molar-refractivity contribution in [3.63, 3.8) is 0 Å². The summed E-state index contributed by atoms with van der Waals surface area (Å²) in [6.45, 7) is 4.17. The fourth-order valence-corrected chi connectivity index (χ4v) is 1.25. The van der Waals surface area contributed by atoms with Crippen LogP contribution >= 0.6 is 0 Å². The van der Waals surface area contributed by atoms with Gasteiger partial charge >= 0.3 is 0 Å². The van der Waals surface area contributed by atoms with Gasteiger partial charge in [-0.1, -0.05) is 12.1 Å². The SMILES string of the molecule is CC(C)=C1Nc2ccccc2N1. The molecule has 1 heterocycles. The van der Waals surface area contributed by atoms with Gasteiger partial charge in [0.1, 0.15) is 5.82 Å². The number of para-hydroxylation sites is 2. The molecule has 1 aromatic rings. The number of nitrogens with one attached hydrogen (secondary N) is 2. The van der Waals surface area contributed by atoms with Crippen LogP contribution in [0.4, 0.5) is 11.4 Å². The maximum absolute atomic E-state index is 3.30. The molecule has 0 spiro atoms. The summed E-state index contributed by atoms with van der Waals surface area (Å²) in [6.07, 6.45) is 0. The first-order valence-electron chi connectivity index (χ1n) is 4.08. The van der Waals surface area contributed by atoms with Gasteiger partial charge in [0, 0.05) is 0 Å². The topological polar surface area (TPSA) is 24.1 Å². The van der Waals surface area contributed by atoms with Gasteiger partial charge in [-0.25, -0.2) is 0 Å². The molecule has 1 aliphatic heterocycles. The van der Waals surface area contributed by atoms with Gasteiger partial charge < -0.3 is 10.6 Å². The highest BCUT2D eigenvalue weighted by Crippen LogP contribution is 2.30. The number of rotatable bonds is 0. The van der Waals surface area contributed by atoms with E-state index in [0.29, 0.717) is 0 Å². The molecular formula is C10H12N2. The zero-order chi connectivity index (χ0) is 8.55. The molecule has 0 bridgehead atoms. The van der Waals surface area contributed by atoms with Crippen molar-refractivity contribution >= 4 is 11.4 Å². The number of anilines is 2. The molecule has 0 saturated carbocycles. The number of benzene rings is 1. The Morgan fingerprint density at radius 3 is 1.92 bits per heavy atom. The second-order valence-corrected chi connectivity index (χ2v) is 3.17. The van der Waals surface area contributed by atoms with Gasteiger partial charge in [0.25, 0.3) is 0 Å². The minimum absolute atomic E-state index is 1.11. The molecule has 0 amide bonds. The van der Waals surface area contributed by atoms with E-state index in [1.165, 1.54) is 5.57 Å². The van der Waals surface area contributed by atoms with Crippen molar-refractivity contribution in [3.05, 3.63) is 35.7 Å². The zero-order valence-corrected chi connectivity index (χ0v) is 7.31. The minimum Gasteiger partial charge on any atom is -0.340 e. The number of fused-ring (bicyclic) bond motifs is 1. The molecule has 0 saturated heterocycles. The molecule has 2 nitrogen and oxygen atoms in total. The van der Waals surface area contributed by atoms with Crippen molar-refractivity contribution in [2.75, 3.05) is 10.6 Å². The van der Waals surface area contributed by atoms with E-state index < -0.39 is 0 Å². The van der Waals surface area contributed by atoms with Gasteiger partial charge in [-0.2, -0.15) is 0 Å². The largest absolute Gasteiger partial charge is 0.340 e. The van der Waals surface area contributed by atoms with Gasteiger partial charge in [0.05, 0.1) is 11.4 Å². The lowest BCUT2D eigenvalue weighted by molar-refractivity contribution is 1.28. The Labute approximate surface area is 72.3 Å². The average molecular weight is 160 g/mol. The van der Waals surface area contributed by atoms with E-state index in [1.807, 2.05) is 12.1 Å². The van der Waals surface area contributed by atoms with E-state index in [0.717, 1.165) is 17.2 Å². The first-order chi connectivity index (χ1) is 5.77. The second-order valence-electron chi connectivity index (χ2n) is 3.17. The van der Waals surface area contributed by atoms with Crippen LogP contribution in [0.15, 0.2) is 35.7 Å². The number of hydrogen-bond acceptors (Lipinski definition) is 2. The molecule has 12 heavy (non-hydrogen) atoms. The van der Waals surface area contributed by atoms with Crippen molar-refractivity contribution in [2.24, 2.45) is 0 Å². The summed E-state index contributed by atoms with van der Waals surface area (Å²) in [4.78, 5) is 0. The molecule has 0 unspecified atom stereocenters. The predicted octanol–water partition coefficient (Wildman–Crippen LogP) is 2.78. The van der Waals surface area contributed by atoms with Gasteiger partial charge in [-0.3, -0.25) is 0 Å². The predicted molar refractivity (Wildman–Crippen MR) is 52.1 cm³/mol.